The Kier molecular flexibility index (Phi) is 3.78. The molecule has 1 aliphatic heterocycles. The van der Waals surface area contributed by atoms with Gasteiger partial charge in [0.2, 0.25) is 5.91 Å². The van der Waals surface area contributed by atoms with Crippen LogP contribution in [0.25, 0.3) is 0 Å². The Hall–Kier alpha value is -0.510. The highest BCUT2D eigenvalue weighted by atomic mass is 32.1. The van der Waals surface area contributed by atoms with E-state index in [0.29, 0.717) is 12.8 Å². The standard InChI is InChI=1S/C9H14NO2S/c1-2-3-9(13)10-7(6-11)4-5-8(10)12/h6-7,9H,2-5H2,1H3/t7-,9?/m1/s1. The van der Waals surface area contributed by atoms with E-state index in [4.69, 9.17) is 12.6 Å². The van der Waals surface area contributed by atoms with E-state index in [1.807, 2.05) is 6.92 Å². The average molecular weight is 200 g/mol. The quantitative estimate of drug-likeness (QED) is 0.645. The van der Waals surface area contributed by atoms with E-state index in [1.54, 1.807) is 4.90 Å². The van der Waals surface area contributed by atoms with Gasteiger partial charge in [0.25, 0.3) is 0 Å². The Bertz CT molecular complexity index is 208. The highest BCUT2D eigenvalue weighted by Crippen LogP contribution is 2.24. The van der Waals surface area contributed by atoms with Gasteiger partial charge in [-0.05, 0) is 12.8 Å². The van der Waals surface area contributed by atoms with Crippen LogP contribution in [0.2, 0.25) is 0 Å². The molecular formula is C9H14NO2S. The summed E-state index contributed by atoms with van der Waals surface area (Å²) in [5.74, 6) is 0.0329. The van der Waals surface area contributed by atoms with Crippen LogP contribution in [-0.2, 0) is 9.59 Å². The van der Waals surface area contributed by atoms with Gasteiger partial charge < -0.3 is 9.69 Å². The van der Waals surface area contributed by atoms with E-state index in [-0.39, 0.29) is 17.3 Å². The second kappa shape index (κ2) is 4.65. The van der Waals surface area contributed by atoms with E-state index in [9.17, 15) is 9.59 Å². The molecular weight excluding hydrogens is 186 g/mol. The van der Waals surface area contributed by atoms with Crippen LogP contribution in [0.3, 0.4) is 0 Å². The minimum atomic E-state index is -0.262. The summed E-state index contributed by atoms with van der Waals surface area (Å²) < 4.78 is 0. The minimum absolute atomic E-state index is 0.0329. The summed E-state index contributed by atoms with van der Waals surface area (Å²) in [6, 6.07) is -0.262. The first-order chi connectivity index (χ1) is 6.20. The average Bonchev–Trinajstić information content (AvgIpc) is 2.47. The Labute approximate surface area is 83.9 Å². The topological polar surface area (TPSA) is 37.4 Å². The van der Waals surface area contributed by atoms with Crippen molar-refractivity contribution in [2.45, 2.75) is 44.0 Å². The molecule has 0 aliphatic carbocycles. The molecule has 13 heavy (non-hydrogen) atoms. The molecule has 2 atom stereocenters. The highest BCUT2D eigenvalue weighted by Gasteiger charge is 2.34. The van der Waals surface area contributed by atoms with Crippen molar-refractivity contribution in [3.05, 3.63) is 0 Å². The smallest absolute Gasteiger partial charge is 0.224 e. The maximum atomic E-state index is 11.4. The third-order valence-electron chi connectivity index (χ3n) is 2.30. The van der Waals surface area contributed by atoms with Gasteiger partial charge in [-0.2, -0.15) is 0 Å². The number of aldehydes is 1. The van der Waals surface area contributed by atoms with Crippen molar-refractivity contribution in [1.29, 1.82) is 0 Å². The number of carbonyl (C=O) groups is 2. The molecule has 1 heterocycles. The first kappa shape index (κ1) is 10.6. The Morgan fingerprint density at radius 3 is 3.00 bits per heavy atom. The molecule has 4 heteroatoms. The maximum absolute atomic E-state index is 11.4. The fourth-order valence-electron chi connectivity index (χ4n) is 1.62. The van der Waals surface area contributed by atoms with Gasteiger partial charge in [-0.15, -0.1) is 0 Å². The first-order valence-corrected chi connectivity index (χ1v) is 5.10. The van der Waals surface area contributed by atoms with Gasteiger partial charge in [-0.3, -0.25) is 4.79 Å². The number of amides is 1. The zero-order chi connectivity index (χ0) is 9.84. The highest BCUT2D eigenvalue weighted by molar-refractivity contribution is 7.80. The molecule has 73 valence electrons. The number of carbonyl (C=O) groups excluding carboxylic acids is 2. The van der Waals surface area contributed by atoms with Crippen LogP contribution in [-0.4, -0.2) is 28.5 Å². The molecule has 1 saturated heterocycles. The van der Waals surface area contributed by atoms with Crippen LogP contribution in [0.4, 0.5) is 0 Å². The van der Waals surface area contributed by atoms with Crippen LogP contribution < -0.4 is 0 Å². The van der Waals surface area contributed by atoms with E-state index in [2.05, 4.69) is 0 Å². The van der Waals surface area contributed by atoms with Crippen LogP contribution >= 0.6 is 12.6 Å². The molecule has 0 aromatic rings. The zero-order valence-electron chi connectivity index (χ0n) is 7.73. The van der Waals surface area contributed by atoms with Crippen molar-refractivity contribution < 1.29 is 9.59 Å². The van der Waals surface area contributed by atoms with Crippen molar-refractivity contribution in [2.24, 2.45) is 0 Å². The molecule has 1 radical (unpaired) electrons. The van der Waals surface area contributed by atoms with Crippen molar-refractivity contribution in [1.82, 2.24) is 4.90 Å². The molecule has 0 aromatic carbocycles. The summed E-state index contributed by atoms with van der Waals surface area (Å²) in [6.07, 6.45) is 3.69. The first-order valence-electron chi connectivity index (χ1n) is 4.63. The predicted octanol–water partition coefficient (Wildman–Crippen LogP) is 1.50. The molecule has 0 saturated carbocycles. The molecule has 3 nitrogen and oxygen atoms in total. The summed E-state index contributed by atoms with van der Waals surface area (Å²) in [5.41, 5.74) is 0. The van der Waals surface area contributed by atoms with Crippen molar-refractivity contribution in [3.63, 3.8) is 0 Å². The monoisotopic (exact) mass is 200 g/mol. The molecule has 1 unspecified atom stereocenters. The van der Waals surface area contributed by atoms with Crippen molar-refractivity contribution >= 4 is 24.8 Å². The molecule has 0 spiro atoms. The third kappa shape index (κ3) is 2.24. The third-order valence-corrected chi connectivity index (χ3v) is 2.77. The van der Waals surface area contributed by atoms with E-state index >= 15 is 0 Å². The molecule has 1 rings (SSSR count). The molecule has 0 aromatic heterocycles. The lowest BCUT2D eigenvalue weighted by Crippen LogP contribution is -2.39. The van der Waals surface area contributed by atoms with E-state index in [0.717, 1.165) is 19.1 Å². The van der Waals surface area contributed by atoms with Gasteiger partial charge in [0.05, 0.1) is 11.4 Å². The van der Waals surface area contributed by atoms with Crippen molar-refractivity contribution in [3.8, 4) is 0 Å². The van der Waals surface area contributed by atoms with E-state index < -0.39 is 0 Å². The normalized spacial score (nSPS) is 24.9. The van der Waals surface area contributed by atoms with Crippen LogP contribution in [0, 0.1) is 0 Å². The van der Waals surface area contributed by atoms with E-state index in [1.165, 1.54) is 0 Å². The lowest BCUT2D eigenvalue weighted by molar-refractivity contribution is -0.131. The van der Waals surface area contributed by atoms with Crippen LogP contribution in [0.15, 0.2) is 0 Å². The Morgan fingerprint density at radius 1 is 1.77 bits per heavy atom. The predicted molar refractivity (Wildman–Crippen MR) is 52.2 cm³/mol. The summed E-state index contributed by atoms with van der Waals surface area (Å²) in [6.45, 7) is 2.02. The number of hydrogen-bond acceptors (Lipinski definition) is 2. The number of hydrogen-bond donors (Lipinski definition) is 0. The van der Waals surface area contributed by atoms with Crippen molar-refractivity contribution in [2.75, 3.05) is 0 Å². The zero-order valence-corrected chi connectivity index (χ0v) is 8.55. The van der Waals surface area contributed by atoms with Crippen LogP contribution in [0.1, 0.15) is 32.6 Å². The molecule has 1 fully saturated rings. The van der Waals surface area contributed by atoms with Gasteiger partial charge in [0, 0.05) is 6.42 Å². The number of likely N-dealkylation sites (tertiary alicyclic amines) is 1. The Morgan fingerprint density at radius 2 is 2.46 bits per heavy atom. The van der Waals surface area contributed by atoms with Gasteiger partial charge in [-0.25, -0.2) is 0 Å². The van der Waals surface area contributed by atoms with Crippen LogP contribution in [0.5, 0.6) is 0 Å². The summed E-state index contributed by atoms with van der Waals surface area (Å²) in [4.78, 5) is 23.6. The summed E-state index contributed by atoms with van der Waals surface area (Å²) in [5, 5.41) is -0.199. The van der Waals surface area contributed by atoms with Gasteiger partial charge in [0.15, 0.2) is 0 Å². The number of rotatable bonds is 4. The minimum Gasteiger partial charge on any atom is -0.320 e. The second-order valence-corrected chi connectivity index (χ2v) is 3.83. The Balaban J connectivity index is 2.62. The van der Waals surface area contributed by atoms with Gasteiger partial charge in [0.1, 0.15) is 6.29 Å². The lowest BCUT2D eigenvalue weighted by Gasteiger charge is -2.26. The van der Waals surface area contributed by atoms with Gasteiger partial charge in [-0.1, -0.05) is 26.0 Å². The second-order valence-electron chi connectivity index (χ2n) is 3.29. The number of nitrogens with zero attached hydrogens (tertiary/aromatic N) is 1. The van der Waals surface area contributed by atoms with Gasteiger partial charge >= 0.3 is 0 Å². The summed E-state index contributed by atoms with van der Waals surface area (Å²) in [7, 11) is 0. The molecule has 0 bridgehead atoms. The fraction of sp³-hybridized carbons (Fsp3) is 0.778. The SMILES string of the molecule is CCCC([S])N1C(=O)CC[C@@H]1C=O. The maximum Gasteiger partial charge on any atom is 0.224 e. The summed E-state index contributed by atoms with van der Waals surface area (Å²) >= 11 is 5.16. The fourth-order valence-corrected chi connectivity index (χ4v) is 2.13. The largest absolute Gasteiger partial charge is 0.320 e. The lowest BCUT2D eigenvalue weighted by atomic mass is 10.2. The molecule has 0 N–H and O–H groups in total. The molecule has 1 aliphatic rings. The molecule has 1 amide bonds.